The molecule has 1 aliphatic rings. The van der Waals surface area contributed by atoms with Crippen molar-refractivity contribution in [2.24, 2.45) is 5.10 Å². The molecule has 1 unspecified atom stereocenters. The van der Waals surface area contributed by atoms with Gasteiger partial charge in [-0.3, -0.25) is 14.8 Å². The second-order valence-electron chi connectivity index (χ2n) is 5.52. The van der Waals surface area contributed by atoms with E-state index in [1.54, 1.807) is 13.0 Å². The van der Waals surface area contributed by atoms with Crippen LogP contribution in [0.1, 0.15) is 11.3 Å². The third-order valence-corrected chi connectivity index (χ3v) is 3.76. The zero-order valence-corrected chi connectivity index (χ0v) is 14.4. The molecule has 0 spiro atoms. The average molecular weight is 372 g/mol. The zero-order chi connectivity index (χ0) is 18.7. The molecular weight excluding hydrogens is 358 g/mol. The summed E-state index contributed by atoms with van der Waals surface area (Å²) >= 11 is 5.97. The molecule has 132 valence electrons. The predicted molar refractivity (Wildman–Crippen MR) is 95.2 cm³/mol. The Morgan fingerprint density at radius 3 is 2.96 bits per heavy atom. The van der Waals surface area contributed by atoms with Crippen LogP contribution in [0.15, 0.2) is 46.6 Å². The highest BCUT2D eigenvalue weighted by molar-refractivity contribution is 6.30. The molecule has 2 aromatic rings. The minimum atomic E-state index is -0.845. The molecule has 3 rings (SSSR count). The van der Waals surface area contributed by atoms with Crippen molar-refractivity contribution < 1.29 is 9.84 Å². The molecule has 8 nitrogen and oxygen atoms in total. The Kier molecular flexibility index (Phi) is 5.02. The van der Waals surface area contributed by atoms with Crippen molar-refractivity contribution in [1.82, 2.24) is 15.0 Å². The van der Waals surface area contributed by atoms with Crippen LogP contribution in [-0.2, 0) is 6.54 Å². The third-order valence-electron chi connectivity index (χ3n) is 3.54. The second kappa shape index (κ2) is 7.39. The monoisotopic (exact) mass is 371 g/mol. The summed E-state index contributed by atoms with van der Waals surface area (Å²) in [5.41, 5.74) is 3.36. The molecule has 1 aromatic carbocycles. The number of aliphatic hydroxyl groups is 1. The van der Waals surface area contributed by atoms with Crippen molar-refractivity contribution in [3.05, 3.63) is 63.3 Å². The number of allylic oxidation sites excluding steroid dienone is 1. The topological polar surface area (TPSA) is 113 Å². The summed E-state index contributed by atoms with van der Waals surface area (Å²) in [6.07, 6.45) is 3.68. The van der Waals surface area contributed by atoms with Crippen LogP contribution in [0.2, 0.25) is 5.02 Å². The van der Waals surface area contributed by atoms with Gasteiger partial charge in [0.15, 0.2) is 6.23 Å². The van der Waals surface area contributed by atoms with E-state index in [0.717, 1.165) is 0 Å². The molecule has 26 heavy (non-hydrogen) atoms. The van der Waals surface area contributed by atoms with E-state index in [2.05, 4.69) is 15.5 Å². The van der Waals surface area contributed by atoms with Gasteiger partial charge < -0.3 is 9.84 Å². The predicted octanol–water partition coefficient (Wildman–Crippen LogP) is 1.70. The van der Waals surface area contributed by atoms with E-state index in [9.17, 15) is 9.90 Å². The number of hydrogen-bond acceptors (Lipinski definition) is 7. The molecule has 0 saturated carbocycles. The molecule has 1 aliphatic heterocycles. The van der Waals surface area contributed by atoms with E-state index < -0.39 is 11.8 Å². The molecule has 2 N–H and O–H groups in total. The van der Waals surface area contributed by atoms with Crippen LogP contribution in [0.5, 0.6) is 11.5 Å². The van der Waals surface area contributed by atoms with Crippen LogP contribution in [-0.4, -0.2) is 26.6 Å². The van der Waals surface area contributed by atoms with E-state index in [-0.39, 0.29) is 18.0 Å². The van der Waals surface area contributed by atoms with Gasteiger partial charge in [-0.25, -0.2) is 4.98 Å². The van der Waals surface area contributed by atoms with E-state index in [1.165, 1.54) is 35.2 Å². The van der Waals surface area contributed by atoms with Gasteiger partial charge in [0.05, 0.1) is 35.9 Å². The highest BCUT2D eigenvalue weighted by Crippen LogP contribution is 2.25. The number of aryl methyl sites for hydroxylation is 1. The maximum atomic E-state index is 12.7. The van der Waals surface area contributed by atoms with Crippen LogP contribution in [0, 0.1) is 18.3 Å². The lowest BCUT2D eigenvalue weighted by molar-refractivity contribution is 0.185. The summed E-state index contributed by atoms with van der Waals surface area (Å²) in [6, 6.07) is 6.48. The van der Waals surface area contributed by atoms with Crippen molar-refractivity contribution in [2.75, 3.05) is 0 Å². The SMILES string of the molecule is Cc1ncn(CC2=NNC(O)C=C2)c(=O)c1Oc1cc(Cl)cc(C#N)c1. The number of nitrogens with one attached hydrogen (secondary N) is 1. The van der Waals surface area contributed by atoms with Gasteiger partial charge in [-0.1, -0.05) is 11.6 Å². The Labute approximate surface area is 153 Å². The van der Waals surface area contributed by atoms with E-state index in [4.69, 9.17) is 21.6 Å². The molecule has 0 fully saturated rings. The Bertz CT molecular complexity index is 1010. The first-order valence-electron chi connectivity index (χ1n) is 7.59. The summed E-state index contributed by atoms with van der Waals surface area (Å²) in [6.45, 7) is 1.80. The van der Waals surface area contributed by atoms with Gasteiger partial charge in [-0.15, -0.1) is 0 Å². The van der Waals surface area contributed by atoms with Crippen molar-refractivity contribution >= 4 is 17.3 Å². The Hall–Kier alpha value is -3.15. The van der Waals surface area contributed by atoms with E-state index in [1.807, 2.05) is 6.07 Å². The number of aliphatic hydroxyl groups excluding tert-OH is 1. The smallest absolute Gasteiger partial charge is 0.296 e. The molecular formula is C17H14ClN5O3. The van der Waals surface area contributed by atoms with Gasteiger partial charge in [0.2, 0.25) is 5.75 Å². The number of halogens is 1. The number of rotatable bonds is 4. The van der Waals surface area contributed by atoms with Gasteiger partial charge >= 0.3 is 0 Å². The molecule has 0 amide bonds. The summed E-state index contributed by atoms with van der Waals surface area (Å²) < 4.78 is 7.00. The molecule has 1 atom stereocenters. The molecule has 1 aromatic heterocycles. The second-order valence-corrected chi connectivity index (χ2v) is 5.95. The standard InChI is InChI=1S/C17H14ClN5O3/c1-10-16(26-14-5-11(7-19)4-12(18)6-14)17(25)23(9-20-10)8-13-2-3-15(24)22-21-13/h2-6,9,15,22,24H,8H2,1H3. The number of benzene rings is 1. The number of hydrogen-bond donors (Lipinski definition) is 2. The fourth-order valence-corrected chi connectivity index (χ4v) is 2.51. The Morgan fingerprint density at radius 1 is 1.46 bits per heavy atom. The van der Waals surface area contributed by atoms with Crippen LogP contribution < -0.4 is 15.7 Å². The molecule has 0 radical (unpaired) electrons. The molecule has 0 bridgehead atoms. The van der Waals surface area contributed by atoms with Crippen molar-refractivity contribution in [3.8, 4) is 17.6 Å². The number of hydrazone groups is 1. The van der Waals surface area contributed by atoms with Crippen LogP contribution in [0.4, 0.5) is 0 Å². The first kappa shape index (κ1) is 17.7. The quantitative estimate of drug-likeness (QED) is 0.845. The van der Waals surface area contributed by atoms with Crippen molar-refractivity contribution in [2.45, 2.75) is 19.7 Å². The van der Waals surface area contributed by atoms with Gasteiger partial charge in [-0.05, 0) is 37.3 Å². The molecule has 2 heterocycles. The molecule has 0 saturated heterocycles. The minimum Gasteiger partial charge on any atom is -0.450 e. The summed E-state index contributed by atoms with van der Waals surface area (Å²) in [5, 5.41) is 22.6. The first-order valence-corrected chi connectivity index (χ1v) is 7.97. The number of ether oxygens (including phenoxy) is 1. The summed E-state index contributed by atoms with van der Waals surface area (Å²) in [5.74, 6) is 0.306. The average Bonchev–Trinajstić information content (AvgIpc) is 2.62. The maximum Gasteiger partial charge on any atom is 0.296 e. The van der Waals surface area contributed by atoms with Crippen LogP contribution in [0.25, 0.3) is 0 Å². The van der Waals surface area contributed by atoms with Gasteiger partial charge in [0.1, 0.15) is 5.75 Å². The van der Waals surface area contributed by atoms with Crippen LogP contribution >= 0.6 is 11.6 Å². The van der Waals surface area contributed by atoms with E-state index in [0.29, 0.717) is 22.0 Å². The summed E-state index contributed by atoms with van der Waals surface area (Å²) in [4.78, 5) is 16.9. The fourth-order valence-electron chi connectivity index (χ4n) is 2.28. The van der Waals surface area contributed by atoms with E-state index >= 15 is 0 Å². The molecule has 9 heteroatoms. The highest BCUT2D eigenvalue weighted by atomic mass is 35.5. The first-order chi connectivity index (χ1) is 12.5. The zero-order valence-electron chi connectivity index (χ0n) is 13.7. The molecule has 0 aliphatic carbocycles. The number of nitriles is 1. The van der Waals surface area contributed by atoms with Gasteiger partial charge in [-0.2, -0.15) is 10.4 Å². The van der Waals surface area contributed by atoms with Crippen molar-refractivity contribution in [1.29, 1.82) is 5.26 Å². The largest absolute Gasteiger partial charge is 0.450 e. The summed E-state index contributed by atoms with van der Waals surface area (Å²) in [7, 11) is 0. The lowest BCUT2D eigenvalue weighted by atomic mass is 10.2. The number of aromatic nitrogens is 2. The normalized spacial score (nSPS) is 15.8. The Morgan fingerprint density at radius 2 is 2.27 bits per heavy atom. The van der Waals surface area contributed by atoms with Gasteiger partial charge in [0.25, 0.3) is 5.56 Å². The number of nitrogens with zero attached hydrogens (tertiary/aromatic N) is 4. The fraction of sp³-hybridized carbons (Fsp3) is 0.176. The highest BCUT2D eigenvalue weighted by Gasteiger charge is 2.14. The van der Waals surface area contributed by atoms with Crippen molar-refractivity contribution in [3.63, 3.8) is 0 Å². The lowest BCUT2D eigenvalue weighted by Crippen LogP contribution is -2.31. The minimum absolute atomic E-state index is 0.0343. The van der Waals surface area contributed by atoms with Crippen LogP contribution in [0.3, 0.4) is 0 Å². The third kappa shape index (κ3) is 3.91. The lowest BCUT2D eigenvalue weighted by Gasteiger charge is -2.14. The Balaban J connectivity index is 1.91. The maximum absolute atomic E-state index is 12.7. The van der Waals surface area contributed by atoms with Gasteiger partial charge in [0, 0.05) is 5.02 Å².